The molecule has 4 aliphatic carbocycles. The monoisotopic (exact) mass is 594 g/mol. The number of halogens is 1. The zero-order chi connectivity index (χ0) is 28.9. The first-order valence-corrected chi connectivity index (χ1v) is 15.0. The normalized spacial score (nSPS) is 27.4. The van der Waals surface area contributed by atoms with Crippen LogP contribution in [0.2, 0.25) is 5.02 Å². The van der Waals surface area contributed by atoms with Crippen LogP contribution < -0.4 is 14.8 Å². The first-order valence-electron chi connectivity index (χ1n) is 13.8. The number of esters is 1. The van der Waals surface area contributed by atoms with Crippen LogP contribution in [-0.2, 0) is 14.4 Å². The number of methoxy groups -OCH3 is 1. The van der Waals surface area contributed by atoms with Gasteiger partial charge in [-0.15, -0.1) is 0 Å². The van der Waals surface area contributed by atoms with E-state index >= 15 is 0 Å². The molecule has 0 radical (unpaired) electrons. The van der Waals surface area contributed by atoms with Crippen LogP contribution in [0.1, 0.15) is 49.7 Å². The molecule has 0 spiro atoms. The van der Waals surface area contributed by atoms with E-state index < -0.39 is 29.0 Å². The van der Waals surface area contributed by atoms with Crippen molar-refractivity contribution < 1.29 is 28.7 Å². The maximum absolute atomic E-state index is 13.4. The first kappa shape index (κ1) is 27.8. The molecule has 214 valence electrons. The number of thioether (sulfide) groups is 1. The third kappa shape index (κ3) is 5.49. The molecule has 7 rings (SSSR count). The molecule has 3 amide bonds. The summed E-state index contributed by atoms with van der Waals surface area (Å²) in [6.07, 6.45) is 8.00. The number of anilines is 1. The van der Waals surface area contributed by atoms with Crippen molar-refractivity contribution in [3.8, 4) is 11.5 Å². The molecular formula is C31H31ClN2O6S. The zero-order valence-corrected chi connectivity index (χ0v) is 24.5. The molecule has 0 aromatic heterocycles. The van der Waals surface area contributed by atoms with E-state index in [-0.39, 0.29) is 10.9 Å². The summed E-state index contributed by atoms with van der Waals surface area (Å²) in [7, 11) is 1.49. The minimum Gasteiger partial charge on any atom is -0.493 e. The van der Waals surface area contributed by atoms with Crippen molar-refractivity contribution in [3.05, 3.63) is 57.5 Å². The van der Waals surface area contributed by atoms with Gasteiger partial charge in [0.25, 0.3) is 11.1 Å². The lowest BCUT2D eigenvalue weighted by molar-refractivity contribution is -0.161. The Labute approximate surface area is 247 Å². The number of hydrogen-bond donors (Lipinski definition) is 1. The average Bonchev–Trinajstić information content (AvgIpc) is 3.18. The molecule has 1 aliphatic heterocycles. The van der Waals surface area contributed by atoms with E-state index in [1.807, 2.05) is 6.92 Å². The number of amides is 3. The lowest BCUT2D eigenvalue weighted by atomic mass is 9.49. The molecule has 1 saturated heterocycles. The minimum atomic E-state index is -0.562. The summed E-state index contributed by atoms with van der Waals surface area (Å²) >= 11 is 6.88. The van der Waals surface area contributed by atoms with Crippen LogP contribution in [0.5, 0.6) is 11.5 Å². The van der Waals surface area contributed by atoms with Crippen LogP contribution in [0.4, 0.5) is 10.5 Å². The SMILES string of the molecule is COc1cc(/C=C2\SC(=O)N(CC(=O)Nc3ccc(C)c(Cl)c3)C2=O)ccc1OC(=O)C12CC3CC(CC(C3)C1)C2. The topological polar surface area (TPSA) is 102 Å². The Morgan fingerprint density at radius 3 is 2.37 bits per heavy atom. The van der Waals surface area contributed by atoms with Crippen molar-refractivity contribution >= 4 is 58.1 Å². The summed E-state index contributed by atoms with van der Waals surface area (Å²) in [6.45, 7) is 1.43. The predicted octanol–water partition coefficient (Wildman–Crippen LogP) is 6.45. The molecular weight excluding hydrogens is 564 g/mol. The summed E-state index contributed by atoms with van der Waals surface area (Å²) in [5.41, 5.74) is 1.55. The van der Waals surface area contributed by atoms with E-state index in [1.165, 1.54) is 26.4 Å². The van der Waals surface area contributed by atoms with Crippen molar-refractivity contribution in [1.29, 1.82) is 0 Å². The van der Waals surface area contributed by atoms with Gasteiger partial charge in [0.2, 0.25) is 5.91 Å². The van der Waals surface area contributed by atoms with E-state index in [2.05, 4.69) is 5.32 Å². The number of benzene rings is 2. The highest BCUT2D eigenvalue weighted by Crippen LogP contribution is 2.60. The number of rotatable bonds is 7. The number of nitrogens with zero attached hydrogens (tertiary/aromatic N) is 1. The van der Waals surface area contributed by atoms with Gasteiger partial charge in [0, 0.05) is 10.7 Å². The number of hydrogen-bond acceptors (Lipinski definition) is 7. The molecule has 5 aliphatic rings. The lowest BCUT2D eigenvalue weighted by Crippen LogP contribution is -2.51. The highest BCUT2D eigenvalue weighted by molar-refractivity contribution is 8.18. The molecule has 0 unspecified atom stereocenters. The second-order valence-corrected chi connectivity index (χ2v) is 13.2. The van der Waals surface area contributed by atoms with Crippen LogP contribution in [0, 0.1) is 30.1 Å². The summed E-state index contributed by atoms with van der Waals surface area (Å²) in [5, 5.41) is 2.63. The Hall–Kier alpha value is -3.30. The van der Waals surface area contributed by atoms with Gasteiger partial charge in [0.1, 0.15) is 6.54 Å². The second-order valence-electron chi connectivity index (χ2n) is 11.8. The minimum absolute atomic E-state index is 0.171. The Bertz CT molecular complexity index is 1450. The van der Waals surface area contributed by atoms with Crippen LogP contribution in [0.3, 0.4) is 0 Å². The number of carbonyl (C=O) groups excluding carboxylic acids is 4. The second kappa shape index (κ2) is 10.8. The number of ether oxygens (including phenoxy) is 2. The number of aryl methyl sites for hydroxylation is 1. The van der Waals surface area contributed by atoms with Gasteiger partial charge in [-0.25, -0.2) is 0 Å². The Morgan fingerprint density at radius 1 is 1.05 bits per heavy atom. The van der Waals surface area contributed by atoms with E-state index in [1.54, 1.807) is 42.5 Å². The van der Waals surface area contributed by atoms with Gasteiger partial charge in [-0.3, -0.25) is 24.1 Å². The maximum Gasteiger partial charge on any atom is 0.317 e. The van der Waals surface area contributed by atoms with E-state index in [0.29, 0.717) is 45.5 Å². The highest BCUT2D eigenvalue weighted by Gasteiger charge is 2.55. The number of nitrogens with one attached hydrogen (secondary N) is 1. The number of carbonyl (C=O) groups is 4. The largest absolute Gasteiger partial charge is 0.493 e. The standard InChI is InChI=1S/C31H31ClN2O6S/c1-17-3-5-22(12-23(17)32)33-27(35)16-34-28(36)26(41-30(34)38)11-18-4-6-24(25(10-18)39-2)40-29(37)31-13-19-7-20(14-31)9-21(8-19)15-31/h3-6,10-12,19-21H,7-9,13-16H2,1-2H3,(H,33,35)/b26-11-. The van der Waals surface area contributed by atoms with Crippen LogP contribution >= 0.6 is 23.4 Å². The Balaban J connectivity index is 1.12. The average molecular weight is 595 g/mol. The molecule has 2 aromatic rings. The molecule has 0 atom stereocenters. The van der Waals surface area contributed by atoms with Crippen LogP contribution in [0.25, 0.3) is 6.08 Å². The maximum atomic E-state index is 13.4. The first-order chi connectivity index (χ1) is 19.6. The van der Waals surface area contributed by atoms with Crippen molar-refractivity contribution in [2.45, 2.75) is 45.4 Å². The molecule has 41 heavy (non-hydrogen) atoms. The van der Waals surface area contributed by atoms with Gasteiger partial charge < -0.3 is 14.8 Å². The summed E-state index contributed by atoms with van der Waals surface area (Å²) in [5.74, 6) is 1.34. The third-order valence-corrected chi connectivity index (χ3v) is 10.1. The van der Waals surface area contributed by atoms with E-state index in [0.717, 1.165) is 41.5 Å². The van der Waals surface area contributed by atoms with Gasteiger partial charge in [-0.1, -0.05) is 23.7 Å². The van der Waals surface area contributed by atoms with E-state index in [9.17, 15) is 19.2 Å². The molecule has 5 fully saturated rings. The summed E-state index contributed by atoms with van der Waals surface area (Å²) < 4.78 is 11.5. The van der Waals surface area contributed by atoms with Crippen LogP contribution in [-0.4, -0.2) is 41.6 Å². The highest BCUT2D eigenvalue weighted by atomic mass is 35.5. The molecule has 10 heteroatoms. The third-order valence-electron chi connectivity index (χ3n) is 8.79. The fraction of sp³-hybridized carbons (Fsp3) is 0.419. The molecule has 4 bridgehead atoms. The fourth-order valence-electron chi connectivity index (χ4n) is 7.23. The molecule has 4 saturated carbocycles. The van der Waals surface area contributed by atoms with Crippen molar-refractivity contribution in [2.24, 2.45) is 23.2 Å². The summed E-state index contributed by atoms with van der Waals surface area (Å²) in [6, 6.07) is 10.1. The smallest absolute Gasteiger partial charge is 0.317 e. The van der Waals surface area contributed by atoms with Gasteiger partial charge in [0.05, 0.1) is 17.4 Å². The van der Waals surface area contributed by atoms with Gasteiger partial charge in [-0.05, 0) is 116 Å². The van der Waals surface area contributed by atoms with E-state index in [4.69, 9.17) is 21.1 Å². The predicted molar refractivity (Wildman–Crippen MR) is 157 cm³/mol. The van der Waals surface area contributed by atoms with Crippen molar-refractivity contribution in [2.75, 3.05) is 19.0 Å². The molecule has 1 heterocycles. The molecule has 1 N–H and O–H groups in total. The van der Waals surface area contributed by atoms with Crippen molar-refractivity contribution in [1.82, 2.24) is 4.90 Å². The lowest BCUT2D eigenvalue weighted by Gasteiger charge is -2.55. The van der Waals surface area contributed by atoms with Gasteiger partial charge in [-0.2, -0.15) is 0 Å². The summed E-state index contributed by atoms with van der Waals surface area (Å²) in [4.78, 5) is 52.6. The molecule has 2 aromatic carbocycles. The van der Waals surface area contributed by atoms with Crippen molar-refractivity contribution in [3.63, 3.8) is 0 Å². The Morgan fingerprint density at radius 2 is 1.73 bits per heavy atom. The fourth-order valence-corrected chi connectivity index (χ4v) is 8.25. The van der Waals surface area contributed by atoms with Crippen LogP contribution in [0.15, 0.2) is 41.3 Å². The quantitative estimate of drug-likeness (QED) is 0.223. The van der Waals surface area contributed by atoms with Gasteiger partial charge in [0.15, 0.2) is 11.5 Å². The number of imide groups is 1. The zero-order valence-electron chi connectivity index (χ0n) is 22.9. The van der Waals surface area contributed by atoms with Gasteiger partial charge >= 0.3 is 5.97 Å². The molecule has 8 nitrogen and oxygen atoms in total. The Kier molecular flexibility index (Phi) is 7.36.